The van der Waals surface area contributed by atoms with E-state index in [1.165, 1.54) is 0 Å². The summed E-state index contributed by atoms with van der Waals surface area (Å²) in [5, 5.41) is 0.768. The molecule has 14 heavy (non-hydrogen) atoms. The molecular weight excluding hydrogens is 254 g/mol. The van der Waals surface area contributed by atoms with Gasteiger partial charge in [0.15, 0.2) is 11.6 Å². The van der Waals surface area contributed by atoms with E-state index in [1.54, 1.807) is 0 Å². The lowest BCUT2D eigenvalue weighted by Gasteiger charge is -2.10. The molecule has 0 aliphatic carbocycles. The molecule has 0 aliphatic heterocycles. The van der Waals surface area contributed by atoms with Crippen LogP contribution in [0.15, 0.2) is 18.2 Å². The fourth-order valence-electron chi connectivity index (χ4n) is 0.864. The second-order valence-electron chi connectivity index (χ2n) is 3.15. The Hall–Kier alpha value is -0.640. The highest BCUT2D eigenvalue weighted by atomic mass is 79.9. The van der Waals surface area contributed by atoms with Crippen molar-refractivity contribution in [3.05, 3.63) is 29.8 Å². The van der Waals surface area contributed by atoms with E-state index in [0.717, 1.165) is 23.5 Å². The van der Waals surface area contributed by atoms with Crippen LogP contribution in [0.1, 0.15) is 6.92 Å². The summed E-state index contributed by atoms with van der Waals surface area (Å²) in [6, 6.07) is 3.18. The van der Waals surface area contributed by atoms with Crippen LogP contribution in [0, 0.1) is 17.6 Å². The first-order valence-electron chi connectivity index (χ1n) is 4.27. The van der Waals surface area contributed by atoms with E-state index in [1.807, 2.05) is 6.92 Å². The van der Waals surface area contributed by atoms with Gasteiger partial charge in [0, 0.05) is 11.4 Å². The molecule has 1 aromatic carbocycles. The van der Waals surface area contributed by atoms with Gasteiger partial charge < -0.3 is 4.74 Å². The van der Waals surface area contributed by atoms with Crippen molar-refractivity contribution in [3.63, 3.8) is 0 Å². The van der Waals surface area contributed by atoms with Crippen LogP contribution in [0.3, 0.4) is 0 Å². The highest BCUT2D eigenvalue weighted by Gasteiger charge is 2.06. The molecule has 0 heterocycles. The first-order valence-corrected chi connectivity index (χ1v) is 5.39. The van der Waals surface area contributed by atoms with E-state index < -0.39 is 11.6 Å². The highest BCUT2D eigenvalue weighted by Crippen LogP contribution is 2.18. The van der Waals surface area contributed by atoms with Gasteiger partial charge >= 0.3 is 0 Å². The Bertz CT molecular complexity index is 304. The summed E-state index contributed by atoms with van der Waals surface area (Å²) in [5.74, 6) is -0.795. The van der Waals surface area contributed by atoms with Crippen molar-refractivity contribution < 1.29 is 13.5 Å². The molecule has 78 valence electrons. The zero-order valence-corrected chi connectivity index (χ0v) is 9.35. The van der Waals surface area contributed by atoms with Gasteiger partial charge in [-0.15, -0.1) is 0 Å². The van der Waals surface area contributed by atoms with Crippen LogP contribution in [0.5, 0.6) is 5.75 Å². The Balaban J connectivity index is 2.62. The van der Waals surface area contributed by atoms with Gasteiger partial charge in [0.1, 0.15) is 5.82 Å². The lowest BCUT2D eigenvalue weighted by molar-refractivity contribution is 0.261. The Kier molecular flexibility index (Phi) is 4.32. The number of hydrogen-bond acceptors (Lipinski definition) is 1. The Morgan fingerprint density at radius 3 is 2.79 bits per heavy atom. The minimum absolute atomic E-state index is 0.0298. The fourth-order valence-corrected chi connectivity index (χ4v) is 1.05. The molecule has 0 bridgehead atoms. The molecule has 1 aromatic rings. The van der Waals surface area contributed by atoms with Crippen molar-refractivity contribution in [2.45, 2.75) is 6.92 Å². The summed E-state index contributed by atoms with van der Waals surface area (Å²) in [7, 11) is 0. The van der Waals surface area contributed by atoms with E-state index >= 15 is 0 Å². The second kappa shape index (κ2) is 5.29. The molecule has 1 nitrogen and oxygen atoms in total. The Morgan fingerprint density at radius 1 is 1.43 bits per heavy atom. The molecule has 0 saturated carbocycles. The molecule has 0 aliphatic rings. The minimum Gasteiger partial charge on any atom is -0.490 e. The molecule has 1 atom stereocenters. The Morgan fingerprint density at radius 2 is 2.14 bits per heavy atom. The maximum absolute atomic E-state index is 13.0. The predicted octanol–water partition coefficient (Wildman–Crippen LogP) is 3.37. The third-order valence-corrected chi connectivity index (χ3v) is 2.79. The third-order valence-electron chi connectivity index (χ3n) is 1.68. The average Bonchev–Trinajstić information content (AvgIpc) is 2.19. The molecule has 0 aromatic heterocycles. The maximum atomic E-state index is 13.0. The molecular formula is C10H11BrF2O. The molecule has 0 radical (unpaired) electrons. The summed E-state index contributed by atoms with van der Waals surface area (Å²) in [6.07, 6.45) is 0. The largest absolute Gasteiger partial charge is 0.490 e. The number of benzene rings is 1. The van der Waals surface area contributed by atoms with Gasteiger partial charge in [-0.05, 0) is 18.1 Å². The van der Waals surface area contributed by atoms with Crippen LogP contribution in [0.25, 0.3) is 0 Å². The monoisotopic (exact) mass is 264 g/mol. The first-order chi connectivity index (χ1) is 6.63. The zero-order valence-electron chi connectivity index (χ0n) is 7.77. The van der Waals surface area contributed by atoms with Crippen LogP contribution < -0.4 is 4.74 Å². The van der Waals surface area contributed by atoms with Gasteiger partial charge in [-0.1, -0.05) is 22.9 Å². The van der Waals surface area contributed by atoms with Crippen molar-refractivity contribution >= 4 is 15.9 Å². The van der Waals surface area contributed by atoms with E-state index in [-0.39, 0.29) is 11.7 Å². The predicted molar refractivity (Wildman–Crippen MR) is 54.8 cm³/mol. The van der Waals surface area contributed by atoms with Crippen molar-refractivity contribution in [1.29, 1.82) is 0 Å². The number of halogens is 3. The van der Waals surface area contributed by atoms with Gasteiger partial charge in [-0.25, -0.2) is 8.78 Å². The van der Waals surface area contributed by atoms with Crippen LogP contribution in [0.4, 0.5) is 8.78 Å². The quantitative estimate of drug-likeness (QED) is 0.758. The third kappa shape index (κ3) is 3.25. The second-order valence-corrected chi connectivity index (χ2v) is 3.79. The van der Waals surface area contributed by atoms with Crippen LogP contribution in [-0.2, 0) is 0 Å². The molecule has 0 saturated heterocycles. The fraction of sp³-hybridized carbons (Fsp3) is 0.400. The zero-order chi connectivity index (χ0) is 10.6. The maximum Gasteiger partial charge on any atom is 0.165 e. The Labute approximate surface area is 90.2 Å². The van der Waals surface area contributed by atoms with Crippen molar-refractivity contribution in [2.75, 3.05) is 11.9 Å². The van der Waals surface area contributed by atoms with Crippen LogP contribution in [-0.4, -0.2) is 11.9 Å². The summed E-state index contributed by atoms with van der Waals surface area (Å²) >= 11 is 3.27. The van der Waals surface area contributed by atoms with Crippen LogP contribution in [0.2, 0.25) is 0 Å². The highest BCUT2D eigenvalue weighted by molar-refractivity contribution is 9.09. The standard InChI is InChI=1S/C10H11BrF2O/c1-7(5-11)6-14-10-4-8(12)2-3-9(10)13/h2-4,7H,5-6H2,1H3. The van der Waals surface area contributed by atoms with Crippen molar-refractivity contribution in [3.8, 4) is 5.75 Å². The van der Waals surface area contributed by atoms with E-state index in [2.05, 4.69) is 15.9 Å². The van der Waals surface area contributed by atoms with Gasteiger partial charge in [0.2, 0.25) is 0 Å². The molecule has 4 heteroatoms. The number of alkyl halides is 1. The molecule has 0 N–H and O–H groups in total. The topological polar surface area (TPSA) is 9.23 Å². The number of hydrogen-bond donors (Lipinski definition) is 0. The molecule has 0 amide bonds. The SMILES string of the molecule is CC(CBr)COc1cc(F)ccc1F. The summed E-state index contributed by atoms with van der Waals surface area (Å²) in [6.45, 7) is 2.32. The molecule has 0 fully saturated rings. The lowest BCUT2D eigenvalue weighted by Crippen LogP contribution is -2.10. The first kappa shape index (κ1) is 11.4. The smallest absolute Gasteiger partial charge is 0.165 e. The van der Waals surface area contributed by atoms with Crippen LogP contribution >= 0.6 is 15.9 Å². The molecule has 1 rings (SSSR count). The van der Waals surface area contributed by atoms with Crippen molar-refractivity contribution in [2.24, 2.45) is 5.92 Å². The van der Waals surface area contributed by atoms with Gasteiger partial charge in [-0.3, -0.25) is 0 Å². The number of rotatable bonds is 4. The van der Waals surface area contributed by atoms with Gasteiger partial charge in [0.25, 0.3) is 0 Å². The number of ether oxygens (including phenoxy) is 1. The van der Waals surface area contributed by atoms with E-state index in [0.29, 0.717) is 6.61 Å². The lowest BCUT2D eigenvalue weighted by atomic mass is 10.2. The molecule has 1 unspecified atom stereocenters. The van der Waals surface area contributed by atoms with E-state index in [9.17, 15) is 8.78 Å². The average molecular weight is 265 g/mol. The normalized spacial score (nSPS) is 12.6. The van der Waals surface area contributed by atoms with Gasteiger partial charge in [-0.2, -0.15) is 0 Å². The molecule has 0 spiro atoms. The van der Waals surface area contributed by atoms with Crippen molar-refractivity contribution in [1.82, 2.24) is 0 Å². The summed E-state index contributed by atoms with van der Waals surface area (Å²) in [5.41, 5.74) is 0. The summed E-state index contributed by atoms with van der Waals surface area (Å²) < 4.78 is 30.8. The van der Waals surface area contributed by atoms with E-state index in [4.69, 9.17) is 4.74 Å². The minimum atomic E-state index is -0.534. The summed E-state index contributed by atoms with van der Waals surface area (Å²) in [4.78, 5) is 0. The van der Waals surface area contributed by atoms with Gasteiger partial charge in [0.05, 0.1) is 6.61 Å².